The van der Waals surface area contributed by atoms with Crippen molar-refractivity contribution in [1.29, 1.82) is 0 Å². The van der Waals surface area contributed by atoms with Gasteiger partial charge in [-0.25, -0.2) is 0 Å². The second-order valence-electron chi connectivity index (χ2n) is 4.02. The standard InChI is InChI=1S/C11H17N/c1-9-5-6-10-4-3-7-12(2)11(10)8-9/h6,8-9H,3-5,7H2,1-2H3/t9-/m0/s1. The van der Waals surface area contributed by atoms with E-state index in [9.17, 15) is 0 Å². The molecule has 1 aliphatic carbocycles. The fraction of sp³-hybridized carbons (Fsp3) is 0.636. The average molecular weight is 163 g/mol. The van der Waals surface area contributed by atoms with Crippen LogP contribution in [0, 0.1) is 5.92 Å². The zero-order valence-electron chi connectivity index (χ0n) is 8.01. The van der Waals surface area contributed by atoms with Gasteiger partial charge in [-0.2, -0.15) is 0 Å². The third kappa shape index (κ3) is 1.28. The summed E-state index contributed by atoms with van der Waals surface area (Å²) in [7, 11) is 2.21. The Morgan fingerprint density at radius 3 is 3.17 bits per heavy atom. The van der Waals surface area contributed by atoms with Crippen molar-refractivity contribution in [2.75, 3.05) is 13.6 Å². The molecule has 0 saturated carbocycles. The minimum Gasteiger partial charge on any atom is -0.375 e. The van der Waals surface area contributed by atoms with E-state index < -0.39 is 0 Å². The van der Waals surface area contributed by atoms with E-state index in [1.165, 1.54) is 31.5 Å². The van der Waals surface area contributed by atoms with Crippen LogP contribution in [0.4, 0.5) is 0 Å². The maximum Gasteiger partial charge on any atom is 0.0355 e. The van der Waals surface area contributed by atoms with E-state index in [1.807, 2.05) is 0 Å². The first kappa shape index (κ1) is 7.90. The minimum absolute atomic E-state index is 0.740. The summed E-state index contributed by atoms with van der Waals surface area (Å²) in [5, 5.41) is 0. The smallest absolute Gasteiger partial charge is 0.0355 e. The van der Waals surface area contributed by atoms with E-state index in [-0.39, 0.29) is 0 Å². The second kappa shape index (κ2) is 2.96. The normalized spacial score (nSPS) is 29.2. The number of allylic oxidation sites excluding steroid dienone is 3. The summed E-state index contributed by atoms with van der Waals surface area (Å²) < 4.78 is 0. The van der Waals surface area contributed by atoms with Crippen LogP contribution >= 0.6 is 0 Å². The summed E-state index contributed by atoms with van der Waals surface area (Å²) in [4.78, 5) is 2.39. The molecule has 12 heavy (non-hydrogen) atoms. The predicted octanol–water partition coefficient (Wildman–Crippen LogP) is 2.56. The molecule has 2 rings (SSSR count). The van der Waals surface area contributed by atoms with Crippen molar-refractivity contribution < 1.29 is 0 Å². The minimum atomic E-state index is 0.740. The van der Waals surface area contributed by atoms with Crippen LogP contribution in [0.3, 0.4) is 0 Å². The SMILES string of the molecule is C[C@@H]1C=C2C(=CC1)CCCN2C. The molecule has 0 aromatic carbocycles. The van der Waals surface area contributed by atoms with Gasteiger partial charge in [-0.3, -0.25) is 0 Å². The number of rotatable bonds is 0. The van der Waals surface area contributed by atoms with E-state index in [1.54, 1.807) is 5.57 Å². The van der Waals surface area contributed by atoms with Crippen LogP contribution in [0.2, 0.25) is 0 Å². The highest BCUT2D eigenvalue weighted by atomic mass is 15.1. The summed E-state index contributed by atoms with van der Waals surface area (Å²) in [5.41, 5.74) is 3.09. The maximum atomic E-state index is 2.43. The third-order valence-electron chi connectivity index (χ3n) is 2.86. The first-order chi connectivity index (χ1) is 5.77. The van der Waals surface area contributed by atoms with Gasteiger partial charge in [0.2, 0.25) is 0 Å². The van der Waals surface area contributed by atoms with E-state index in [0.717, 1.165) is 5.92 Å². The van der Waals surface area contributed by atoms with Crippen molar-refractivity contribution in [3.05, 3.63) is 23.4 Å². The Labute approximate surface area is 74.8 Å². The molecule has 1 heterocycles. The molecule has 0 N–H and O–H groups in total. The molecular weight excluding hydrogens is 146 g/mol. The number of piperidine rings is 1. The van der Waals surface area contributed by atoms with Gasteiger partial charge in [0, 0.05) is 19.3 Å². The van der Waals surface area contributed by atoms with Gasteiger partial charge in [0.05, 0.1) is 0 Å². The highest BCUT2D eigenvalue weighted by Gasteiger charge is 2.19. The molecule has 0 amide bonds. The van der Waals surface area contributed by atoms with Crippen molar-refractivity contribution >= 4 is 0 Å². The first-order valence-electron chi connectivity index (χ1n) is 4.90. The van der Waals surface area contributed by atoms with Crippen molar-refractivity contribution in [3.8, 4) is 0 Å². The Morgan fingerprint density at radius 1 is 1.50 bits per heavy atom. The van der Waals surface area contributed by atoms with Crippen LogP contribution in [0.5, 0.6) is 0 Å². The van der Waals surface area contributed by atoms with E-state index in [0.29, 0.717) is 0 Å². The molecule has 1 nitrogen and oxygen atoms in total. The van der Waals surface area contributed by atoms with Crippen molar-refractivity contribution in [2.24, 2.45) is 5.92 Å². The van der Waals surface area contributed by atoms with Gasteiger partial charge >= 0.3 is 0 Å². The van der Waals surface area contributed by atoms with Crippen LogP contribution in [0.15, 0.2) is 23.4 Å². The Balaban J connectivity index is 2.25. The molecule has 2 aliphatic rings. The molecule has 1 fully saturated rings. The number of nitrogens with zero attached hydrogens (tertiary/aromatic N) is 1. The van der Waals surface area contributed by atoms with Gasteiger partial charge in [0.25, 0.3) is 0 Å². The molecule has 0 spiro atoms. The Bertz CT molecular complexity index is 237. The molecule has 0 aromatic rings. The molecule has 66 valence electrons. The van der Waals surface area contributed by atoms with Crippen LogP contribution in [-0.4, -0.2) is 18.5 Å². The largest absolute Gasteiger partial charge is 0.375 e. The van der Waals surface area contributed by atoms with Gasteiger partial charge in [-0.05, 0) is 30.8 Å². The lowest BCUT2D eigenvalue weighted by Gasteiger charge is -2.33. The number of likely N-dealkylation sites (tertiary alicyclic amines) is 1. The highest BCUT2D eigenvalue weighted by molar-refractivity contribution is 5.34. The lowest BCUT2D eigenvalue weighted by atomic mass is 9.90. The van der Waals surface area contributed by atoms with Crippen molar-refractivity contribution in [2.45, 2.75) is 26.2 Å². The Hall–Kier alpha value is -0.720. The van der Waals surface area contributed by atoms with E-state index in [4.69, 9.17) is 0 Å². The number of hydrogen-bond acceptors (Lipinski definition) is 1. The summed E-state index contributed by atoms with van der Waals surface area (Å²) in [5.74, 6) is 0.740. The highest BCUT2D eigenvalue weighted by Crippen LogP contribution is 2.31. The molecule has 0 unspecified atom stereocenters. The summed E-state index contributed by atoms with van der Waals surface area (Å²) in [6.45, 7) is 3.53. The molecule has 1 aliphatic heterocycles. The zero-order chi connectivity index (χ0) is 8.55. The monoisotopic (exact) mass is 163 g/mol. The van der Waals surface area contributed by atoms with E-state index >= 15 is 0 Å². The fourth-order valence-corrected chi connectivity index (χ4v) is 2.11. The number of hydrogen-bond donors (Lipinski definition) is 0. The van der Waals surface area contributed by atoms with Gasteiger partial charge in [-0.15, -0.1) is 0 Å². The van der Waals surface area contributed by atoms with E-state index in [2.05, 4.69) is 31.0 Å². The zero-order valence-corrected chi connectivity index (χ0v) is 8.01. The van der Waals surface area contributed by atoms with Gasteiger partial charge in [0.15, 0.2) is 0 Å². The lowest BCUT2D eigenvalue weighted by Crippen LogP contribution is -2.27. The molecule has 0 radical (unpaired) electrons. The predicted molar refractivity (Wildman–Crippen MR) is 51.8 cm³/mol. The number of fused-ring (bicyclic) bond motifs is 1. The average Bonchev–Trinajstić information content (AvgIpc) is 2.07. The molecular formula is C11H17N. The third-order valence-corrected chi connectivity index (χ3v) is 2.86. The second-order valence-corrected chi connectivity index (χ2v) is 4.02. The molecule has 1 heteroatoms. The molecule has 0 aromatic heterocycles. The fourth-order valence-electron chi connectivity index (χ4n) is 2.11. The van der Waals surface area contributed by atoms with Gasteiger partial charge in [0.1, 0.15) is 0 Å². The van der Waals surface area contributed by atoms with Gasteiger partial charge in [-0.1, -0.05) is 19.1 Å². The quantitative estimate of drug-likeness (QED) is 0.530. The number of likely N-dealkylation sites (N-methyl/N-ethyl adjacent to an activating group) is 1. The maximum absolute atomic E-state index is 2.43. The summed E-state index contributed by atoms with van der Waals surface area (Å²) in [6, 6.07) is 0. The molecule has 1 saturated heterocycles. The molecule has 1 atom stereocenters. The summed E-state index contributed by atoms with van der Waals surface area (Å²) in [6.07, 6.45) is 8.72. The van der Waals surface area contributed by atoms with Gasteiger partial charge < -0.3 is 4.90 Å². The van der Waals surface area contributed by atoms with Crippen molar-refractivity contribution in [3.63, 3.8) is 0 Å². The van der Waals surface area contributed by atoms with Crippen LogP contribution in [0.1, 0.15) is 26.2 Å². The van der Waals surface area contributed by atoms with Crippen LogP contribution < -0.4 is 0 Å². The van der Waals surface area contributed by atoms with Crippen LogP contribution in [-0.2, 0) is 0 Å². The van der Waals surface area contributed by atoms with Crippen molar-refractivity contribution in [1.82, 2.24) is 4.90 Å². The lowest BCUT2D eigenvalue weighted by molar-refractivity contribution is 0.374. The Morgan fingerprint density at radius 2 is 2.33 bits per heavy atom. The molecule has 0 bridgehead atoms. The van der Waals surface area contributed by atoms with Crippen LogP contribution in [0.25, 0.3) is 0 Å². The summed E-state index contributed by atoms with van der Waals surface area (Å²) >= 11 is 0. The topological polar surface area (TPSA) is 3.24 Å². The first-order valence-corrected chi connectivity index (χ1v) is 4.90. The Kier molecular flexibility index (Phi) is 1.95.